The fraction of sp³-hybridized carbons (Fsp3) is 0.364. The number of nitrogens with zero attached hydrogens (tertiary/aromatic N) is 2. The van der Waals surface area contributed by atoms with Gasteiger partial charge in [0, 0.05) is 5.71 Å². The number of aryl methyl sites for hydroxylation is 1. The maximum Gasteiger partial charge on any atom is 0.256 e. The van der Waals surface area contributed by atoms with E-state index < -0.39 is 0 Å². The lowest BCUT2D eigenvalue weighted by molar-refractivity contribution is -0.119. The van der Waals surface area contributed by atoms with Crippen LogP contribution in [0.2, 0.25) is 0 Å². The van der Waals surface area contributed by atoms with Gasteiger partial charge in [-0.15, -0.1) is 0 Å². The monoisotopic (exact) mass is 334 g/mol. The molecule has 0 saturated heterocycles. The van der Waals surface area contributed by atoms with Gasteiger partial charge in [-0.25, -0.2) is 5.01 Å². The second kappa shape index (κ2) is 6.47. The summed E-state index contributed by atoms with van der Waals surface area (Å²) in [6.07, 6.45) is 0.695. The van der Waals surface area contributed by atoms with Crippen molar-refractivity contribution >= 4 is 17.3 Å². The third kappa shape index (κ3) is 3.65. The van der Waals surface area contributed by atoms with Crippen LogP contribution in [0.15, 0.2) is 53.6 Å². The van der Waals surface area contributed by atoms with E-state index in [1.807, 2.05) is 38.1 Å². The number of hydrazone groups is 1. The molecule has 3 rings (SSSR count). The zero-order chi connectivity index (χ0) is 18.2. The molecule has 0 saturated carbocycles. The van der Waals surface area contributed by atoms with Crippen LogP contribution in [0.25, 0.3) is 0 Å². The minimum absolute atomic E-state index is 0.0567. The van der Waals surface area contributed by atoms with Gasteiger partial charge in [0.1, 0.15) is 0 Å². The Morgan fingerprint density at radius 2 is 1.56 bits per heavy atom. The molecule has 0 spiro atoms. The van der Waals surface area contributed by atoms with Gasteiger partial charge in [0.05, 0.1) is 11.6 Å². The summed E-state index contributed by atoms with van der Waals surface area (Å²) in [6.45, 7) is 10.6. The minimum atomic E-state index is -0.179. The quantitative estimate of drug-likeness (QED) is 0.788. The van der Waals surface area contributed by atoms with E-state index in [1.165, 1.54) is 16.7 Å². The van der Waals surface area contributed by atoms with Crippen molar-refractivity contribution < 1.29 is 4.79 Å². The summed E-state index contributed by atoms with van der Waals surface area (Å²) in [5.41, 5.74) is 5.51. The van der Waals surface area contributed by atoms with Crippen molar-refractivity contribution in [2.24, 2.45) is 11.0 Å². The Morgan fingerprint density at radius 1 is 0.960 bits per heavy atom. The van der Waals surface area contributed by atoms with Crippen molar-refractivity contribution in [2.45, 2.75) is 46.5 Å². The highest BCUT2D eigenvalue weighted by atomic mass is 16.2. The molecule has 1 atom stereocenters. The van der Waals surface area contributed by atoms with Crippen molar-refractivity contribution in [3.05, 3.63) is 65.2 Å². The molecule has 130 valence electrons. The topological polar surface area (TPSA) is 32.7 Å². The van der Waals surface area contributed by atoms with Gasteiger partial charge in [-0.1, -0.05) is 62.7 Å². The van der Waals surface area contributed by atoms with E-state index in [9.17, 15) is 4.79 Å². The lowest BCUT2D eigenvalue weighted by Crippen LogP contribution is -2.28. The molecule has 1 aliphatic heterocycles. The van der Waals surface area contributed by atoms with Gasteiger partial charge in [0.2, 0.25) is 0 Å². The molecule has 0 aromatic heterocycles. The SMILES string of the molecule is CC1=NN(c2ccc(C)cc2)C(=O)C1Cc1ccc(C(C)(C)C)cc1. The van der Waals surface area contributed by atoms with E-state index in [0.717, 1.165) is 11.4 Å². The number of amides is 1. The predicted octanol–water partition coefficient (Wildman–Crippen LogP) is 4.87. The molecule has 25 heavy (non-hydrogen) atoms. The standard InChI is InChI=1S/C22H26N2O/c1-15-6-12-19(13-7-15)24-21(25)20(16(2)23-24)14-17-8-10-18(11-9-17)22(3,4)5/h6-13,20H,14H2,1-5H3. The van der Waals surface area contributed by atoms with E-state index in [-0.39, 0.29) is 17.2 Å². The highest BCUT2D eigenvalue weighted by Gasteiger charge is 2.34. The zero-order valence-electron chi connectivity index (χ0n) is 15.7. The Kier molecular flexibility index (Phi) is 4.51. The number of hydrogen-bond acceptors (Lipinski definition) is 2. The predicted molar refractivity (Wildman–Crippen MR) is 104 cm³/mol. The summed E-state index contributed by atoms with van der Waals surface area (Å²) in [7, 11) is 0. The first kappa shape index (κ1) is 17.4. The van der Waals surface area contributed by atoms with Gasteiger partial charge in [-0.05, 0) is 48.9 Å². The van der Waals surface area contributed by atoms with Gasteiger partial charge in [-0.3, -0.25) is 4.79 Å². The van der Waals surface area contributed by atoms with Crippen molar-refractivity contribution in [1.29, 1.82) is 0 Å². The largest absolute Gasteiger partial charge is 0.272 e. The van der Waals surface area contributed by atoms with Crippen molar-refractivity contribution in [1.82, 2.24) is 0 Å². The van der Waals surface area contributed by atoms with Gasteiger partial charge in [0.15, 0.2) is 0 Å². The number of rotatable bonds is 3. The summed E-state index contributed by atoms with van der Waals surface area (Å²) in [6, 6.07) is 16.5. The maximum absolute atomic E-state index is 12.8. The number of benzene rings is 2. The Labute approximate surface area is 150 Å². The molecular formula is C22H26N2O. The molecule has 0 N–H and O–H groups in total. The Bertz CT molecular complexity index is 795. The van der Waals surface area contributed by atoms with Crippen LogP contribution in [-0.4, -0.2) is 11.6 Å². The van der Waals surface area contributed by atoms with Crippen LogP contribution in [0.5, 0.6) is 0 Å². The molecular weight excluding hydrogens is 308 g/mol. The molecule has 1 amide bonds. The van der Waals surface area contributed by atoms with Crippen LogP contribution in [0.3, 0.4) is 0 Å². The first-order valence-electron chi connectivity index (χ1n) is 8.81. The maximum atomic E-state index is 12.8. The van der Waals surface area contributed by atoms with E-state index in [4.69, 9.17) is 0 Å². The average Bonchev–Trinajstić information content (AvgIpc) is 2.83. The van der Waals surface area contributed by atoms with Gasteiger partial charge in [-0.2, -0.15) is 5.10 Å². The molecule has 1 unspecified atom stereocenters. The number of carbonyl (C=O) groups is 1. The van der Waals surface area contributed by atoms with E-state index in [0.29, 0.717) is 6.42 Å². The number of anilines is 1. The smallest absolute Gasteiger partial charge is 0.256 e. The van der Waals surface area contributed by atoms with Crippen molar-refractivity contribution in [2.75, 3.05) is 5.01 Å². The molecule has 2 aromatic carbocycles. The second-order valence-electron chi connectivity index (χ2n) is 7.93. The highest BCUT2D eigenvalue weighted by Crippen LogP contribution is 2.27. The lowest BCUT2D eigenvalue weighted by atomic mass is 9.86. The minimum Gasteiger partial charge on any atom is -0.272 e. The van der Waals surface area contributed by atoms with Crippen molar-refractivity contribution in [3.63, 3.8) is 0 Å². The molecule has 1 heterocycles. The summed E-state index contributed by atoms with van der Waals surface area (Å²) in [5.74, 6) is -0.122. The van der Waals surface area contributed by atoms with E-state index in [2.05, 4.69) is 50.1 Å². The van der Waals surface area contributed by atoms with E-state index >= 15 is 0 Å². The first-order chi connectivity index (χ1) is 11.8. The molecule has 3 nitrogen and oxygen atoms in total. The Balaban J connectivity index is 1.77. The summed E-state index contributed by atoms with van der Waals surface area (Å²) in [4.78, 5) is 12.8. The number of carbonyl (C=O) groups excluding carboxylic acids is 1. The molecule has 0 radical (unpaired) electrons. The second-order valence-corrected chi connectivity index (χ2v) is 7.93. The lowest BCUT2D eigenvalue weighted by Gasteiger charge is -2.19. The number of hydrogen-bond donors (Lipinski definition) is 0. The Hall–Kier alpha value is -2.42. The molecule has 2 aromatic rings. The molecule has 0 fully saturated rings. The van der Waals surface area contributed by atoms with Crippen molar-refractivity contribution in [3.8, 4) is 0 Å². The third-order valence-corrected chi connectivity index (χ3v) is 4.81. The average molecular weight is 334 g/mol. The molecule has 3 heteroatoms. The summed E-state index contributed by atoms with van der Waals surface area (Å²) in [5, 5.41) is 6.05. The molecule has 0 aliphatic carbocycles. The fourth-order valence-electron chi connectivity index (χ4n) is 3.09. The van der Waals surface area contributed by atoms with Crippen LogP contribution in [-0.2, 0) is 16.6 Å². The third-order valence-electron chi connectivity index (χ3n) is 4.81. The van der Waals surface area contributed by atoms with Crippen LogP contribution >= 0.6 is 0 Å². The normalized spacial score (nSPS) is 17.8. The zero-order valence-corrected chi connectivity index (χ0v) is 15.7. The van der Waals surface area contributed by atoms with Crippen LogP contribution < -0.4 is 5.01 Å². The van der Waals surface area contributed by atoms with Crippen LogP contribution in [0.4, 0.5) is 5.69 Å². The van der Waals surface area contributed by atoms with Gasteiger partial charge >= 0.3 is 0 Å². The highest BCUT2D eigenvalue weighted by molar-refractivity contribution is 6.14. The van der Waals surface area contributed by atoms with Crippen LogP contribution in [0, 0.1) is 12.8 Å². The first-order valence-corrected chi connectivity index (χ1v) is 8.81. The summed E-state index contributed by atoms with van der Waals surface area (Å²) < 4.78 is 0. The van der Waals surface area contributed by atoms with E-state index in [1.54, 1.807) is 5.01 Å². The summed E-state index contributed by atoms with van der Waals surface area (Å²) >= 11 is 0. The van der Waals surface area contributed by atoms with Gasteiger partial charge in [0.25, 0.3) is 5.91 Å². The van der Waals surface area contributed by atoms with Crippen LogP contribution in [0.1, 0.15) is 44.4 Å². The van der Waals surface area contributed by atoms with Gasteiger partial charge < -0.3 is 0 Å². The molecule has 1 aliphatic rings. The Morgan fingerprint density at radius 3 is 2.12 bits per heavy atom. The molecule has 0 bridgehead atoms. The fourth-order valence-corrected chi connectivity index (χ4v) is 3.09.